The molecule has 0 radical (unpaired) electrons. The monoisotopic (exact) mass is 399 g/mol. The van der Waals surface area contributed by atoms with E-state index < -0.39 is 0 Å². The Morgan fingerprint density at radius 1 is 0.967 bits per heavy atom. The van der Waals surface area contributed by atoms with E-state index in [4.69, 9.17) is 9.26 Å². The lowest BCUT2D eigenvalue weighted by Gasteiger charge is -2.11. The second-order valence-corrected chi connectivity index (χ2v) is 6.94. The van der Waals surface area contributed by atoms with Crippen LogP contribution in [-0.2, 0) is 4.79 Å². The number of amides is 1. The van der Waals surface area contributed by atoms with Crippen LogP contribution in [0.2, 0.25) is 0 Å². The van der Waals surface area contributed by atoms with Crippen molar-refractivity contribution in [1.29, 1.82) is 0 Å². The maximum Gasteiger partial charge on any atom is 0.262 e. The van der Waals surface area contributed by atoms with Crippen LogP contribution in [0.15, 0.2) is 77.3 Å². The predicted octanol–water partition coefficient (Wildman–Crippen LogP) is 5.04. The molecule has 1 heterocycles. The molecule has 0 aliphatic rings. The number of hydrogen-bond acceptors (Lipinski definition) is 5. The van der Waals surface area contributed by atoms with E-state index in [1.807, 2.05) is 80.6 Å². The lowest BCUT2D eigenvalue weighted by Crippen LogP contribution is -2.20. The van der Waals surface area contributed by atoms with Crippen LogP contribution in [0.4, 0.5) is 5.69 Å². The smallest absolute Gasteiger partial charge is 0.262 e. The first-order chi connectivity index (χ1) is 14.6. The Bertz CT molecular complexity index is 1170. The van der Waals surface area contributed by atoms with E-state index in [1.165, 1.54) is 0 Å². The maximum atomic E-state index is 12.3. The number of benzene rings is 3. The quantitative estimate of drug-likeness (QED) is 0.492. The van der Waals surface area contributed by atoms with Crippen LogP contribution in [0.5, 0.6) is 5.75 Å². The van der Waals surface area contributed by atoms with Gasteiger partial charge >= 0.3 is 0 Å². The van der Waals surface area contributed by atoms with Crippen LogP contribution in [0.1, 0.15) is 11.1 Å². The average molecular weight is 399 g/mol. The van der Waals surface area contributed by atoms with Crippen LogP contribution < -0.4 is 10.1 Å². The van der Waals surface area contributed by atoms with Gasteiger partial charge < -0.3 is 14.6 Å². The highest BCUT2D eigenvalue weighted by Gasteiger charge is 2.15. The highest BCUT2D eigenvalue weighted by atomic mass is 16.5. The summed E-state index contributed by atoms with van der Waals surface area (Å²) in [7, 11) is 0. The first-order valence-electron chi connectivity index (χ1n) is 9.58. The molecule has 1 amide bonds. The third-order valence-corrected chi connectivity index (χ3v) is 4.63. The van der Waals surface area contributed by atoms with Gasteiger partial charge in [-0.15, -0.1) is 0 Å². The van der Waals surface area contributed by atoms with Gasteiger partial charge in [-0.05, 0) is 49.7 Å². The summed E-state index contributed by atoms with van der Waals surface area (Å²) in [6.45, 7) is 3.83. The van der Waals surface area contributed by atoms with Crippen molar-refractivity contribution < 1.29 is 14.1 Å². The summed E-state index contributed by atoms with van der Waals surface area (Å²) < 4.78 is 11.2. The standard InChI is InChI=1S/C24H21N3O3/c1-16-11-13-18(14-12-16)24-26-23(27-30-24)19-8-4-6-10-21(19)29-15-22(28)25-20-9-5-3-7-17(20)2/h3-14H,15H2,1-2H3,(H,25,28). The van der Waals surface area contributed by atoms with Crippen molar-refractivity contribution in [3.05, 3.63) is 83.9 Å². The lowest BCUT2D eigenvalue weighted by molar-refractivity contribution is -0.118. The van der Waals surface area contributed by atoms with Gasteiger partial charge in [0, 0.05) is 11.3 Å². The van der Waals surface area contributed by atoms with Gasteiger partial charge in [0.2, 0.25) is 5.82 Å². The third kappa shape index (κ3) is 4.38. The normalized spacial score (nSPS) is 10.6. The number of carbonyl (C=O) groups is 1. The number of nitrogens with zero attached hydrogens (tertiary/aromatic N) is 2. The van der Waals surface area contributed by atoms with Crippen LogP contribution in [0.25, 0.3) is 22.8 Å². The van der Waals surface area contributed by atoms with Crippen molar-refractivity contribution >= 4 is 11.6 Å². The number of ether oxygens (including phenoxy) is 1. The summed E-state index contributed by atoms with van der Waals surface area (Å²) in [6.07, 6.45) is 0. The van der Waals surface area contributed by atoms with E-state index in [-0.39, 0.29) is 12.5 Å². The number of hydrogen-bond donors (Lipinski definition) is 1. The van der Waals surface area contributed by atoms with Crippen molar-refractivity contribution in [1.82, 2.24) is 10.1 Å². The molecule has 1 N–H and O–H groups in total. The van der Waals surface area contributed by atoms with Gasteiger partial charge in [-0.3, -0.25) is 4.79 Å². The predicted molar refractivity (Wildman–Crippen MR) is 115 cm³/mol. The Morgan fingerprint density at radius 3 is 2.50 bits per heavy atom. The highest BCUT2D eigenvalue weighted by molar-refractivity contribution is 5.92. The maximum absolute atomic E-state index is 12.3. The van der Waals surface area contributed by atoms with Gasteiger partial charge in [-0.1, -0.05) is 53.2 Å². The molecule has 0 fully saturated rings. The van der Waals surface area contributed by atoms with Crippen molar-refractivity contribution in [2.45, 2.75) is 13.8 Å². The molecule has 0 aliphatic carbocycles. The summed E-state index contributed by atoms with van der Waals surface area (Å²) in [5, 5.41) is 6.94. The Balaban J connectivity index is 1.48. The molecule has 0 spiro atoms. The molecule has 0 unspecified atom stereocenters. The van der Waals surface area contributed by atoms with Crippen LogP contribution in [-0.4, -0.2) is 22.7 Å². The number of aromatic nitrogens is 2. The molecule has 0 atom stereocenters. The topological polar surface area (TPSA) is 77.2 Å². The molecule has 1 aromatic heterocycles. The largest absolute Gasteiger partial charge is 0.483 e. The van der Waals surface area contributed by atoms with Crippen molar-refractivity contribution in [3.63, 3.8) is 0 Å². The van der Waals surface area contributed by atoms with Gasteiger partial charge in [-0.25, -0.2) is 0 Å². The minimum Gasteiger partial charge on any atom is -0.483 e. The number of carbonyl (C=O) groups excluding carboxylic acids is 1. The second-order valence-electron chi connectivity index (χ2n) is 6.94. The lowest BCUT2D eigenvalue weighted by atomic mass is 10.1. The van der Waals surface area contributed by atoms with E-state index in [0.29, 0.717) is 23.0 Å². The van der Waals surface area contributed by atoms with E-state index in [1.54, 1.807) is 6.07 Å². The number of nitrogens with one attached hydrogen (secondary N) is 1. The van der Waals surface area contributed by atoms with E-state index >= 15 is 0 Å². The van der Waals surface area contributed by atoms with Gasteiger partial charge in [-0.2, -0.15) is 4.98 Å². The van der Waals surface area contributed by atoms with Crippen molar-refractivity contribution in [2.75, 3.05) is 11.9 Å². The molecule has 3 aromatic carbocycles. The molecule has 4 rings (SSSR count). The number of anilines is 1. The molecule has 0 saturated heterocycles. The van der Waals surface area contributed by atoms with Crippen LogP contribution >= 0.6 is 0 Å². The van der Waals surface area contributed by atoms with E-state index in [9.17, 15) is 4.79 Å². The fourth-order valence-corrected chi connectivity index (χ4v) is 2.97. The fourth-order valence-electron chi connectivity index (χ4n) is 2.97. The Morgan fingerprint density at radius 2 is 1.70 bits per heavy atom. The molecule has 0 aliphatic heterocycles. The van der Waals surface area contributed by atoms with Crippen LogP contribution in [0, 0.1) is 13.8 Å². The summed E-state index contributed by atoms with van der Waals surface area (Å²) >= 11 is 0. The van der Waals surface area contributed by atoms with Crippen LogP contribution in [0.3, 0.4) is 0 Å². The Kier molecular flexibility index (Phi) is 5.57. The molecule has 30 heavy (non-hydrogen) atoms. The summed E-state index contributed by atoms with van der Waals surface area (Å²) in [5.74, 6) is 1.10. The number of aryl methyl sites for hydroxylation is 2. The number of rotatable bonds is 6. The van der Waals surface area contributed by atoms with Gasteiger partial charge in [0.1, 0.15) is 5.75 Å². The molecule has 4 aromatic rings. The number of para-hydroxylation sites is 2. The SMILES string of the molecule is Cc1ccc(-c2nc(-c3ccccc3OCC(=O)Nc3ccccc3C)no2)cc1. The minimum atomic E-state index is -0.243. The molecule has 6 heteroatoms. The third-order valence-electron chi connectivity index (χ3n) is 4.63. The molecular formula is C24H21N3O3. The van der Waals surface area contributed by atoms with Crippen molar-refractivity contribution in [2.24, 2.45) is 0 Å². The Labute approximate surface area is 174 Å². The molecular weight excluding hydrogens is 378 g/mol. The first-order valence-corrected chi connectivity index (χ1v) is 9.58. The van der Waals surface area contributed by atoms with Crippen molar-refractivity contribution in [3.8, 4) is 28.6 Å². The van der Waals surface area contributed by atoms with E-state index in [0.717, 1.165) is 22.4 Å². The highest BCUT2D eigenvalue weighted by Crippen LogP contribution is 2.29. The summed E-state index contributed by atoms with van der Waals surface area (Å²) in [6, 6.07) is 22.7. The zero-order valence-corrected chi connectivity index (χ0v) is 16.8. The minimum absolute atomic E-state index is 0.131. The summed E-state index contributed by atoms with van der Waals surface area (Å²) in [5.41, 5.74) is 4.40. The zero-order chi connectivity index (χ0) is 20.9. The van der Waals surface area contributed by atoms with Gasteiger partial charge in [0.25, 0.3) is 11.8 Å². The first kappa shape index (κ1) is 19.4. The molecule has 150 valence electrons. The fraction of sp³-hybridized carbons (Fsp3) is 0.125. The average Bonchev–Trinajstić information content (AvgIpc) is 3.25. The van der Waals surface area contributed by atoms with Gasteiger partial charge in [0.15, 0.2) is 6.61 Å². The Hall–Kier alpha value is -3.93. The van der Waals surface area contributed by atoms with Gasteiger partial charge in [0.05, 0.1) is 5.56 Å². The molecule has 0 bridgehead atoms. The second kappa shape index (κ2) is 8.61. The molecule has 6 nitrogen and oxygen atoms in total. The van der Waals surface area contributed by atoms with E-state index in [2.05, 4.69) is 15.5 Å². The summed E-state index contributed by atoms with van der Waals surface area (Å²) in [4.78, 5) is 16.8. The zero-order valence-electron chi connectivity index (χ0n) is 16.8. The molecule has 0 saturated carbocycles.